The Morgan fingerprint density at radius 2 is 1.88 bits per heavy atom. The van der Waals surface area contributed by atoms with Gasteiger partial charge in [0, 0.05) is 18.1 Å². The first-order valence-electron chi connectivity index (χ1n) is 6.28. The molecule has 0 unspecified atom stereocenters. The number of nitrogens with one attached hydrogen (secondary N) is 1. The van der Waals surface area contributed by atoms with E-state index in [1.165, 1.54) is 48.6 Å². The van der Waals surface area contributed by atoms with Crippen molar-refractivity contribution in [2.75, 3.05) is 12.0 Å². The summed E-state index contributed by atoms with van der Waals surface area (Å²) in [6, 6.07) is 8.68. The Morgan fingerprint density at radius 3 is 2.88 bits per heavy atom. The highest BCUT2D eigenvalue weighted by atomic mass is 15.4. The standard InChI is InChI=1S/C14H18N2/c1-2-6-10-15-16-11-12(7-3-1)13-8-4-5-9-14(13)16/h4-5,8-9,11,15H,1-3,6-7,10H2. The van der Waals surface area contributed by atoms with Gasteiger partial charge in [-0.05, 0) is 30.9 Å². The second-order valence-electron chi connectivity index (χ2n) is 4.61. The number of benzene rings is 1. The molecule has 0 spiro atoms. The number of para-hydroxylation sites is 1. The number of aryl methyl sites for hydroxylation is 1. The first-order chi connectivity index (χ1) is 7.95. The van der Waals surface area contributed by atoms with Crippen molar-refractivity contribution < 1.29 is 0 Å². The molecule has 2 heterocycles. The second-order valence-corrected chi connectivity index (χ2v) is 4.61. The van der Waals surface area contributed by atoms with Crippen LogP contribution in [-0.4, -0.2) is 11.2 Å². The topological polar surface area (TPSA) is 17.0 Å². The van der Waals surface area contributed by atoms with Crippen LogP contribution in [0, 0.1) is 0 Å². The first kappa shape index (κ1) is 9.76. The Hall–Kier alpha value is -1.44. The van der Waals surface area contributed by atoms with E-state index in [1.807, 2.05) is 0 Å². The summed E-state index contributed by atoms with van der Waals surface area (Å²) in [6.07, 6.45) is 8.81. The average molecular weight is 214 g/mol. The molecule has 0 aliphatic carbocycles. The molecule has 1 aromatic heterocycles. The Bertz CT molecular complexity index is 442. The molecule has 1 aliphatic heterocycles. The third kappa shape index (κ3) is 1.69. The zero-order valence-corrected chi connectivity index (χ0v) is 9.58. The van der Waals surface area contributed by atoms with Crippen molar-refractivity contribution in [3.05, 3.63) is 36.0 Å². The molecule has 1 aromatic carbocycles. The quantitative estimate of drug-likeness (QED) is 0.712. The Labute approximate surface area is 96.2 Å². The van der Waals surface area contributed by atoms with Gasteiger partial charge in [0.05, 0.1) is 5.52 Å². The van der Waals surface area contributed by atoms with Gasteiger partial charge in [-0.3, -0.25) is 4.68 Å². The van der Waals surface area contributed by atoms with Gasteiger partial charge in [0.1, 0.15) is 0 Å². The lowest BCUT2D eigenvalue weighted by atomic mass is 10.1. The minimum absolute atomic E-state index is 1.08. The molecule has 0 atom stereocenters. The average Bonchev–Trinajstić information content (AvgIpc) is 2.67. The van der Waals surface area contributed by atoms with E-state index < -0.39 is 0 Å². The second kappa shape index (κ2) is 4.20. The van der Waals surface area contributed by atoms with Gasteiger partial charge in [0.15, 0.2) is 0 Å². The Kier molecular flexibility index (Phi) is 2.56. The van der Waals surface area contributed by atoms with Crippen molar-refractivity contribution in [3.63, 3.8) is 0 Å². The molecule has 0 fully saturated rings. The van der Waals surface area contributed by atoms with Crippen molar-refractivity contribution in [1.82, 2.24) is 4.68 Å². The van der Waals surface area contributed by atoms with Crippen molar-refractivity contribution in [3.8, 4) is 0 Å². The molecule has 0 saturated heterocycles. The molecule has 16 heavy (non-hydrogen) atoms. The Balaban J connectivity index is 2.09. The van der Waals surface area contributed by atoms with E-state index in [1.54, 1.807) is 0 Å². The molecule has 1 aliphatic rings. The molecule has 1 N–H and O–H groups in total. The SMILES string of the molecule is c1ccc2c(c1)c1cn2NCCCCCC1. The summed E-state index contributed by atoms with van der Waals surface area (Å²) in [5.41, 5.74) is 6.30. The van der Waals surface area contributed by atoms with Crippen molar-refractivity contribution >= 4 is 10.9 Å². The molecule has 2 aromatic rings. The molecule has 0 radical (unpaired) electrons. The number of hydrogen-bond donors (Lipinski definition) is 1. The Morgan fingerprint density at radius 1 is 1.00 bits per heavy atom. The van der Waals surface area contributed by atoms with E-state index in [4.69, 9.17) is 0 Å². The van der Waals surface area contributed by atoms with Crippen molar-refractivity contribution in [2.24, 2.45) is 0 Å². The highest BCUT2D eigenvalue weighted by molar-refractivity contribution is 5.84. The normalized spacial score (nSPS) is 17.0. The number of hydrogen-bond acceptors (Lipinski definition) is 1. The fourth-order valence-electron chi connectivity index (χ4n) is 2.57. The smallest absolute Gasteiger partial charge is 0.0695 e. The van der Waals surface area contributed by atoms with Crippen LogP contribution < -0.4 is 5.43 Å². The number of rotatable bonds is 0. The van der Waals surface area contributed by atoms with E-state index in [-0.39, 0.29) is 0 Å². The maximum atomic E-state index is 3.49. The van der Waals surface area contributed by atoms with Gasteiger partial charge in [-0.15, -0.1) is 0 Å². The fraction of sp³-hybridized carbons (Fsp3) is 0.429. The van der Waals surface area contributed by atoms with Gasteiger partial charge < -0.3 is 5.43 Å². The minimum atomic E-state index is 1.08. The van der Waals surface area contributed by atoms with Crippen LogP contribution >= 0.6 is 0 Å². The number of aromatic nitrogens is 1. The molecular weight excluding hydrogens is 196 g/mol. The van der Waals surface area contributed by atoms with Gasteiger partial charge in [-0.1, -0.05) is 31.0 Å². The zero-order valence-electron chi connectivity index (χ0n) is 9.58. The monoisotopic (exact) mass is 214 g/mol. The summed E-state index contributed by atoms with van der Waals surface area (Å²) in [6.45, 7) is 1.08. The molecule has 2 heteroatoms. The van der Waals surface area contributed by atoms with Gasteiger partial charge in [-0.25, -0.2) is 0 Å². The van der Waals surface area contributed by atoms with E-state index in [0.717, 1.165) is 6.54 Å². The molecule has 2 nitrogen and oxygen atoms in total. The van der Waals surface area contributed by atoms with Crippen molar-refractivity contribution in [2.45, 2.75) is 32.1 Å². The molecule has 3 rings (SSSR count). The van der Waals surface area contributed by atoms with E-state index in [2.05, 4.69) is 40.6 Å². The highest BCUT2D eigenvalue weighted by Crippen LogP contribution is 2.23. The predicted molar refractivity (Wildman–Crippen MR) is 68.3 cm³/mol. The largest absolute Gasteiger partial charge is 0.326 e. The van der Waals surface area contributed by atoms with E-state index >= 15 is 0 Å². The third-order valence-corrected chi connectivity index (χ3v) is 3.45. The maximum absolute atomic E-state index is 3.49. The van der Waals surface area contributed by atoms with Crippen LogP contribution in [0.4, 0.5) is 0 Å². The summed E-state index contributed by atoms with van der Waals surface area (Å²) >= 11 is 0. The molecule has 2 bridgehead atoms. The van der Waals surface area contributed by atoms with Crippen LogP contribution in [0.5, 0.6) is 0 Å². The van der Waals surface area contributed by atoms with Gasteiger partial charge in [-0.2, -0.15) is 0 Å². The third-order valence-electron chi connectivity index (χ3n) is 3.45. The summed E-state index contributed by atoms with van der Waals surface area (Å²) < 4.78 is 2.20. The van der Waals surface area contributed by atoms with Crippen LogP contribution in [0.25, 0.3) is 10.9 Å². The summed E-state index contributed by atoms with van der Waals surface area (Å²) in [5.74, 6) is 0. The maximum Gasteiger partial charge on any atom is 0.0695 e. The van der Waals surface area contributed by atoms with E-state index in [0.29, 0.717) is 0 Å². The van der Waals surface area contributed by atoms with Crippen molar-refractivity contribution in [1.29, 1.82) is 0 Å². The number of nitrogens with zero attached hydrogens (tertiary/aromatic N) is 1. The summed E-state index contributed by atoms with van der Waals surface area (Å²) in [7, 11) is 0. The molecule has 84 valence electrons. The van der Waals surface area contributed by atoms with Crippen LogP contribution in [0.2, 0.25) is 0 Å². The van der Waals surface area contributed by atoms with Crippen LogP contribution in [0.1, 0.15) is 31.2 Å². The molecule has 0 saturated carbocycles. The summed E-state index contributed by atoms with van der Waals surface area (Å²) in [4.78, 5) is 0. The minimum Gasteiger partial charge on any atom is -0.326 e. The molecule has 0 amide bonds. The van der Waals surface area contributed by atoms with Gasteiger partial charge >= 0.3 is 0 Å². The lowest BCUT2D eigenvalue weighted by molar-refractivity contribution is 0.633. The molecular formula is C14H18N2. The number of fused-ring (bicyclic) bond motifs is 5. The van der Waals surface area contributed by atoms with Crippen LogP contribution in [0.15, 0.2) is 30.5 Å². The van der Waals surface area contributed by atoms with Gasteiger partial charge in [0.2, 0.25) is 0 Å². The summed E-state index contributed by atoms with van der Waals surface area (Å²) in [5, 5.41) is 1.41. The lowest BCUT2D eigenvalue weighted by Crippen LogP contribution is -2.15. The zero-order chi connectivity index (χ0) is 10.8. The lowest BCUT2D eigenvalue weighted by Gasteiger charge is -2.09. The fourth-order valence-corrected chi connectivity index (χ4v) is 2.57. The highest BCUT2D eigenvalue weighted by Gasteiger charge is 2.08. The first-order valence-corrected chi connectivity index (χ1v) is 6.28. The van der Waals surface area contributed by atoms with Crippen LogP contribution in [-0.2, 0) is 6.42 Å². The van der Waals surface area contributed by atoms with E-state index in [9.17, 15) is 0 Å². The van der Waals surface area contributed by atoms with Crippen LogP contribution in [0.3, 0.4) is 0 Å². The van der Waals surface area contributed by atoms with Gasteiger partial charge in [0.25, 0.3) is 0 Å². The predicted octanol–water partition coefficient (Wildman–Crippen LogP) is 3.30.